The smallest absolute Gasteiger partial charge is 0.224 e. The van der Waals surface area contributed by atoms with Gasteiger partial charge in [-0.1, -0.05) is 18.9 Å². The predicted molar refractivity (Wildman–Crippen MR) is 84.7 cm³/mol. The van der Waals surface area contributed by atoms with Gasteiger partial charge in [0.05, 0.1) is 5.69 Å². The van der Waals surface area contributed by atoms with Gasteiger partial charge in [-0.3, -0.25) is 4.79 Å². The third-order valence-electron chi connectivity index (χ3n) is 3.36. The van der Waals surface area contributed by atoms with E-state index < -0.39 is 0 Å². The zero-order chi connectivity index (χ0) is 15.8. The van der Waals surface area contributed by atoms with E-state index in [-0.39, 0.29) is 5.91 Å². The molecule has 2 aromatic rings. The van der Waals surface area contributed by atoms with Crippen molar-refractivity contribution in [1.82, 2.24) is 20.2 Å². The quantitative estimate of drug-likeness (QED) is 0.725. The second kappa shape index (κ2) is 8.23. The van der Waals surface area contributed by atoms with Gasteiger partial charge in [-0.15, -0.1) is 5.10 Å². The summed E-state index contributed by atoms with van der Waals surface area (Å²) in [6.07, 6.45) is 4.55. The van der Waals surface area contributed by atoms with Crippen molar-refractivity contribution in [2.75, 3.05) is 11.9 Å². The number of hydrogen-bond acceptors (Lipinski definition) is 5. The topological polar surface area (TPSA) is 98.7 Å². The SMILES string of the molecule is Cc1nnnn1-c1cccc(NC(=O)CCCCCCN)c1. The van der Waals surface area contributed by atoms with Crippen LogP contribution in [0.15, 0.2) is 24.3 Å². The van der Waals surface area contributed by atoms with E-state index in [4.69, 9.17) is 5.73 Å². The molecule has 1 amide bonds. The third kappa shape index (κ3) is 4.63. The number of tetrazole rings is 1. The summed E-state index contributed by atoms with van der Waals surface area (Å²) >= 11 is 0. The van der Waals surface area contributed by atoms with Gasteiger partial charge in [0.25, 0.3) is 0 Å². The molecule has 22 heavy (non-hydrogen) atoms. The Morgan fingerprint density at radius 1 is 1.27 bits per heavy atom. The number of carbonyl (C=O) groups is 1. The second-order valence-electron chi connectivity index (χ2n) is 5.19. The molecule has 7 heteroatoms. The Morgan fingerprint density at radius 3 is 2.82 bits per heavy atom. The summed E-state index contributed by atoms with van der Waals surface area (Å²) in [5.41, 5.74) is 7.01. The molecule has 0 fully saturated rings. The first-order valence-electron chi connectivity index (χ1n) is 7.56. The van der Waals surface area contributed by atoms with Crippen LogP contribution in [0.3, 0.4) is 0 Å². The average molecular weight is 302 g/mol. The first-order valence-corrected chi connectivity index (χ1v) is 7.56. The number of nitrogens with two attached hydrogens (primary N) is 1. The molecule has 0 saturated heterocycles. The maximum Gasteiger partial charge on any atom is 0.224 e. The molecule has 0 radical (unpaired) electrons. The lowest BCUT2D eigenvalue weighted by Gasteiger charge is -2.07. The van der Waals surface area contributed by atoms with Crippen LogP contribution in [0.1, 0.15) is 37.9 Å². The highest BCUT2D eigenvalue weighted by Crippen LogP contribution is 2.15. The van der Waals surface area contributed by atoms with E-state index in [9.17, 15) is 4.79 Å². The largest absolute Gasteiger partial charge is 0.330 e. The van der Waals surface area contributed by atoms with Crippen LogP contribution in [0.5, 0.6) is 0 Å². The highest BCUT2D eigenvalue weighted by atomic mass is 16.1. The van der Waals surface area contributed by atoms with Gasteiger partial charge in [0.1, 0.15) is 0 Å². The number of carbonyl (C=O) groups excluding carboxylic acids is 1. The number of nitrogens with zero attached hydrogens (tertiary/aromatic N) is 4. The molecule has 2 rings (SSSR count). The van der Waals surface area contributed by atoms with Gasteiger partial charge in [0.15, 0.2) is 5.82 Å². The number of hydrogen-bond donors (Lipinski definition) is 2. The molecular weight excluding hydrogens is 280 g/mol. The molecule has 0 aliphatic rings. The van der Waals surface area contributed by atoms with Crippen LogP contribution in [0.25, 0.3) is 5.69 Å². The molecule has 118 valence electrons. The number of rotatable bonds is 8. The fourth-order valence-electron chi connectivity index (χ4n) is 2.19. The van der Waals surface area contributed by atoms with Gasteiger partial charge in [0, 0.05) is 12.1 Å². The van der Waals surface area contributed by atoms with Gasteiger partial charge in [0.2, 0.25) is 5.91 Å². The summed E-state index contributed by atoms with van der Waals surface area (Å²) in [5, 5.41) is 14.3. The maximum absolute atomic E-state index is 11.9. The average Bonchev–Trinajstić information content (AvgIpc) is 2.93. The fraction of sp³-hybridized carbons (Fsp3) is 0.467. The Kier molecular flexibility index (Phi) is 6.02. The molecule has 7 nitrogen and oxygen atoms in total. The minimum Gasteiger partial charge on any atom is -0.330 e. The highest BCUT2D eigenvalue weighted by molar-refractivity contribution is 5.90. The molecule has 0 aliphatic heterocycles. The molecule has 0 saturated carbocycles. The molecular formula is C15H22N6O. The number of amides is 1. The highest BCUT2D eigenvalue weighted by Gasteiger charge is 2.06. The van der Waals surface area contributed by atoms with E-state index in [1.807, 2.05) is 31.2 Å². The van der Waals surface area contributed by atoms with Crippen LogP contribution in [-0.2, 0) is 4.79 Å². The number of anilines is 1. The van der Waals surface area contributed by atoms with E-state index in [2.05, 4.69) is 20.8 Å². The molecule has 0 spiro atoms. The van der Waals surface area contributed by atoms with Gasteiger partial charge in [-0.25, -0.2) is 0 Å². The summed E-state index contributed by atoms with van der Waals surface area (Å²) < 4.78 is 1.63. The summed E-state index contributed by atoms with van der Waals surface area (Å²) in [4.78, 5) is 11.9. The standard InChI is InChI=1S/C15H22N6O/c1-12-18-19-20-21(12)14-8-6-7-13(11-14)17-15(22)9-4-2-3-5-10-16/h6-8,11H,2-5,9-10,16H2,1H3,(H,17,22). The molecule has 0 bridgehead atoms. The van der Waals surface area contributed by atoms with Crippen molar-refractivity contribution in [2.24, 2.45) is 5.73 Å². The number of unbranched alkanes of at least 4 members (excludes halogenated alkanes) is 3. The zero-order valence-electron chi connectivity index (χ0n) is 12.8. The Morgan fingerprint density at radius 2 is 2.09 bits per heavy atom. The first kappa shape index (κ1) is 16.1. The number of nitrogens with one attached hydrogen (secondary N) is 1. The van der Waals surface area contributed by atoms with Crippen molar-refractivity contribution in [3.05, 3.63) is 30.1 Å². The van der Waals surface area contributed by atoms with Crippen molar-refractivity contribution in [1.29, 1.82) is 0 Å². The second-order valence-corrected chi connectivity index (χ2v) is 5.19. The van der Waals surface area contributed by atoms with E-state index in [0.29, 0.717) is 12.2 Å². The van der Waals surface area contributed by atoms with Gasteiger partial charge >= 0.3 is 0 Å². The van der Waals surface area contributed by atoms with E-state index >= 15 is 0 Å². The fourth-order valence-corrected chi connectivity index (χ4v) is 2.19. The Labute approximate surface area is 129 Å². The summed E-state index contributed by atoms with van der Waals surface area (Å²) in [6, 6.07) is 7.48. The third-order valence-corrected chi connectivity index (χ3v) is 3.36. The summed E-state index contributed by atoms with van der Waals surface area (Å²) in [7, 11) is 0. The molecule has 3 N–H and O–H groups in total. The summed E-state index contributed by atoms with van der Waals surface area (Å²) in [6.45, 7) is 2.54. The molecule has 1 aromatic heterocycles. The Hall–Kier alpha value is -2.28. The molecule has 0 unspecified atom stereocenters. The first-order chi connectivity index (χ1) is 10.7. The minimum absolute atomic E-state index is 0.0262. The van der Waals surface area contributed by atoms with Crippen LogP contribution in [0.2, 0.25) is 0 Å². The number of benzene rings is 1. The van der Waals surface area contributed by atoms with Crippen molar-refractivity contribution in [3.8, 4) is 5.69 Å². The van der Waals surface area contributed by atoms with Crippen molar-refractivity contribution >= 4 is 11.6 Å². The van der Waals surface area contributed by atoms with Gasteiger partial charge in [-0.2, -0.15) is 4.68 Å². The molecule has 0 atom stereocenters. The van der Waals surface area contributed by atoms with Crippen LogP contribution < -0.4 is 11.1 Å². The van der Waals surface area contributed by atoms with Gasteiger partial charge in [-0.05, 0) is 54.9 Å². The van der Waals surface area contributed by atoms with E-state index in [1.54, 1.807) is 4.68 Å². The molecule has 1 heterocycles. The lowest BCUT2D eigenvalue weighted by atomic mass is 10.1. The Bertz CT molecular complexity index is 610. The van der Waals surface area contributed by atoms with Crippen molar-refractivity contribution in [2.45, 2.75) is 39.0 Å². The van der Waals surface area contributed by atoms with Crippen LogP contribution >= 0.6 is 0 Å². The Balaban J connectivity index is 1.88. The molecule has 1 aromatic carbocycles. The summed E-state index contributed by atoms with van der Waals surface area (Å²) in [5.74, 6) is 0.724. The lowest BCUT2D eigenvalue weighted by molar-refractivity contribution is -0.116. The van der Waals surface area contributed by atoms with Crippen LogP contribution in [0.4, 0.5) is 5.69 Å². The monoisotopic (exact) mass is 302 g/mol. The molecule has 0 aliphatic carbocycles. The normalized spacial score (nSPS) is 10.6. The lowest BCUT2D eigenvalue weighted by Crippen LogP contribution is -2.11. The number of aryl methyl sites for hydroxylation is 1. The van der Waals surface area contributed by atoms with Crippen molar-refractivity contribution in [3.63, 3.8) is 0 Å². The van der Waals surface area contributed by atoms with E-state index in [1.165, 1.54) is 0 Å². The van der Waals surface area contributed by atoms with Crippen LogP contribution in [0, 0.1) is 6.92 Å². The minimum atomic E-state index is 0.0262. The maximum atomic E-state index is 11.9. The zero-order valence-corrected chi connectivity index (χ0v) is 12.8. The van der Waals surface area contributed by atoms with Gasteiger partial charge < -0.3 is 11.1 Å². The van der Waals surface area contributed by atoms with Crippen LogP contribution in [-0.4, -0.2) is 32.7 Å². The number of aromatic nitrogens is 4. The van der Waals surface area contributed by atoms with Crippen molar-refractivity contribution < 1.29 is 4.79 Å². The van der Waals surface area contributed by atoms with E-state index in [0.717, 1.165) is 43.6 Å². The predicted octanol–water partition coefficient (Wildman–Crippen LogP) is 1.82.